The van der Waals surface area contributed by atoms with Gasteiger partial charge in [0.2, 0.25) is 0 Å². The van der Waals surface area contributed by atoms with Gasteiger partial charge >= 0.3 is 0 Å². The van der Waals surface area contributed by atoms with E-state index in [2.05, 4.69) is 15.9 Å². The van der Waals surface area contributed by atoms with Gasteiger partial charge in [-0.05, 0) is 104 Å². The summed E-state index contributed by atoms with van der Waals surface area (Å²) >= 11 is 3.40. The molecule has 4 aromatic carbocycles. The lowest BCUT2D eigenvalue weighted by Crippen LogP contribution is -2.07. The van der Waals surface area contributed by atoms with Crippen LogP contribution in [0.3, 0.4) is 0 Å². The van der Waals surface area contributed by atoms with Crippen molar-refractivity contribution < 1.29 is 16.8 Å². The molecular formula is C33H41BrClN3O4S2. The molecule has 238 valence electrons. The summed E-state index contributed by atoms with van der Waals surface area (Å²) in [6.45, 7) is 2.16. The third kappa shape index (κ3) is 13.6. The van der Waals surface area contributed by atoms with Crippen molar-refractivity contribution in [3.63, 3.8) is 0 Å². The maximum absolute atomic E-state index is 12.3. The van der Waals surface area contributed by atoms with Crippen LogP contribution in [0.2, 0.25) is 0 Å². The minimum Gasteiger partial charge on any atom is -0.330 e. The fourth-order valence-electron chi connectivity index (χ4n) is 3.96. The average Bonchev–Trinajstić information content (AvgIpc) is 3.03. The molecular weight excluding hydrogens is 682 g/mol. The average molecular weight is 723 g/mol. The number of unbranched alkanes of at least 4 members (excludes halogenated alkanes) is 3. The van der Waals surface area contributed by atoms with Crippen LogP contribution in [0, 0.1) is 0 Å². The second-order valence-corrected chi connectivity index (χ2v) is 15.4. The van der Waals surface area contributed by atoms with E-state index in [1.807, 2.05) is 66.7 Å². The maximum Gasteiger partial charge on any atom is 0.261 e. The Balaban J connectivity index is 0.000000268. The number of hydrogen-bond donors (Lipinski definition) is 3. The van der Waals surface area contributed by atoms with E-state index in [-0.39, 0.29) is 10.6 Å². The van der Waals surface area contributed by atoms with Crippen molar-refractivity contribution in [3.05, 3.63) is 108 Å². The second-order valence-electron chi connectivity index (χ2n) is 9.81. The fourth-order valence-corrected chi connectivity index (χ4v) is 6.36. The van der Waals surface area contributed by atoms with Gasteiger partial charge in [-0.2, -0.15) is 0 Å². The van der Waals surface area contributed by atoms with Crippen LogP contribution in [0.25, 0.3) is 22.3 Å². The molecule has 7 nitrogen and oxygen atoms in total. The number of nitrogens with two attached hydrogens (primary N) is 3. The molecule has 6 N–H and O–H groups in total. The van der Waals surface area contributed by atoms with Gasteiger partial charge in [0.1, 0.15) is 0 Å². The monoisotopic (exact) mass is 721 g/mol. The molecule has 44 heavy (non-hydrogen) atoms. The smallest absolute Gasteiger partial charge is 0.261 e. The van der Waals surface area contributed by atoms with Crippen molar-refractivity contribution in [2.75, 3.05) is 25.4 Å². The van der Waals surface area contributed by atoms with Gasteiger partial charge in [-0.1, -0.05) is 89.1 Å². The lowest BCUT2D eigenvalue weighted by molar-refractivity contribution is 0.590. The number of sulfone groups is 1. The lowest BCUT2D eigenvalue weighted by Gasteiger charge is -2.06. The topological polar surface area (TPSA) is 146 Å². The van der Waals surface area contributed by atoms with E-state index >= 15 is 0 Å². The van der Waals surface area contributed by atoms with Crippen LogP contribution in [0.5, 0.6) is 0 Å². The summed E-state index contributed by atoms with van der Waals surface area (Å²) in [5.41, 5.74) is 19.8. The highest BCUT2D eigenvalue weighted by molar-refractivity contribution is 9.10. The highest BCUT2D eigenvalue weighted by Crippen LogP contribution is 2.24. The molecule has 0 heterocycles. The zero-order valence-corrected chi connectivity index (χ0v) is 28.6. The molecule has 0 fully saturated rings. The number of hydrogen-bond acceptors (Lipinski definition) is 7. The molecule has 0 spiro atoms. The van der Waals surface area contributed by atoms with E-state index < -0.39 is 18.9 Å². The van der Waals surface area contributed by atoms with Gasteiger partial charge in [-0.3, -0.25) is 0 Å². The quantitative estimate of drug-likeness (QED) is 0.106. The van der Waals surface area contributed by atoms with Gasteiger partial charge < -0.3 is 17.2 Å². The Morgan fingerprint density at radius 3 is 1.32 bits per heavy atom. The summed E-state index contributed by atoms with van der Waals surface area (Å²) in [6, 6.07) is 31.2. The normalized spacial score (nSPS) is 11.1. The van der Waals surface area contributed by atoms with E-state index in [0.717, 1.165) is 65.5 Å². The predicted molar refractivity (Wildman–Crippen MR) is 187 cm³/mol. The highest BCUT2D eigenvalue weighted by atomic mass is 79.9. The van der Waals surface area contributed by atoms with E-state index in [4.69, 9.17) is 27.9 Å². The zero-order valence-electron chi connectivity index (χ0n) is 24.6. The van der Waals surface area contributed by atoms with E-state index in [9.17, 15) is 16.8 Å². The summed E-state index contributed by atoms with van der Waals surface area (Å²) < 4.78 is 47.6. The molecule has 4 rings (SSSR count). The first-order chi connectivity index (χ1) is 21.0. The highest BCUT2D eigenvalue weighted by Gasteiger charge is 2.14. The summed E-state index contributed by atoms with van der Waals surface area (Å²) in [7, 11) is -1.60. The van der Waals surface area contributed by atoms with E-state index in [0.29, 0.717) is 17.9 Å². The Morgan fingerprint density at radius 2 is 0.886 bits per heavy atom. The van der Waals surface area contributed by atoms with Crippen LogP contribution in [0.4, 0.5) is 0 Å². The molecule has 11 heteroatoms. The minimum absolute atomic E-state index is 0.119. The lowest BCUT2D eigenvalue weighted by atomic mass is 10.1. The molecule has 0 unspecified atom stereocenters. The summed E-state index contributed by atoms with van der Waals surface area (Å²) in [5.74, 6) is 0.185. The maximum atomic E-state index is 12.3. The van der Waals surface area contributed by atoms with Gasteiger partial charge in [0.05, 0.1) is 15.5 Å². The van der Waals surface area contributed by atoms with Gasteiger partial charge in [-0.15, -0.1) is 0 Å². The number of benzene rings is 4. The van der Waals surface area contributed by atoms with Crippen LogP contribution >= 0.6 is 26.6 Å². The molecule has 0 amide bonds. The van der Waals surface area contributed by atoms with Crippen molar-refractivity contribution in [1.29, 1.82) is 0 Å². The Morgan fingerprint density at radius 1 is 0.500 bits per heavy atom. The molecule has 0 aliphatic carbocycles. The van der Waals surface area contributed by atoms with Crippen LogP contribution in [-0.4, -0.2) is 42.2 Å². The second kappa shape index (κ2) is 19.7. The van der Waals surface area contributed by atoms with Crippen LogP contribution in [0.15, 0.2) is 117 Å². The Kier molecular flexibility index (Phi) is 16.9. The first kappa shape index (κ1) is 37.6. The van der Waals surface area contributed by atoms with Gasteiger partial charge in [0, 0.05) is 15.2 Å². The van der Waals surface area contributed by atoms with Crippen molar-refractivity contribution in [1.82, 2.24) is 0 Å². The Labute approximate surface area is 275 Å². The zero-order chi connectivity index (χ0) is 32.4. The Bertz CT molecular complexity index is 1580. The molecule has 0 saturated carbocycles. The minimum atomic E-state index is -3.63. The van der Waals surface area contributed by atoms with Crippen LogP contribution in [0.1, 0.15) is 32.1 Å². The first-order valence-corrected chi connectivity index (χ1v) is 19.1. The summed E-state index contributed by atoms with van der Waals surface area (Å²) in [4.78, 5) is 0.509. The molecule has 0 aromatic heterocycles. The third-order valence-electron chi connectivity index (χ3n) is 6.41. The van der Waals surface area contributed by atoms with Crippen molar-refractivity contribution in [3.8, 4) is 22.3 Å². The van der Waals surface area contributed by atoms with E-state index in [1.54, 1.807) is 24.3 Å². The molecule has 0 aliphatic rings. The molecule has 0 atom stereocenters. The first-order valence-electron chi connectivity index (χ1n) is 14.3. The van der Waals surface area contributed by atoms with Gasteiger partial charge in [-0.25, -0.2) is 16.8 Å². The summed E-state index contributed by atoms with van der Waals surface area (Å²) in [6.07, 6.45) is 4.52. The SMILES string of the molecule is NCCCCCS(=O)(=O)c1ccc(-c2ccc(Br)cc2)cc1.NCCCCN.O=S(=O)(Cl)c1ccc(-c2ccccc2)cc1. The molecule has 0 aliphatic heterocycles. The van der Waals surface area contributed by atoms with Crippen LogP contribution < -0.4 is 17.2 Å². The number of rotatable bonds is 12. The van der Waals surface area contributed by atoms with Crippen molar-refractivity contribution in [2.24, 2.45) is 17.2 Å². The van der Waals surface area contributed by atoms with Gasteiger partial charge in [0.15, 0.2) is 9.84 Å². The van der Waals surface area contributed by atoms with Crippen LogP contribution in [-0.2, 0) is 18.9 Å². The third-order valence-corrected chi connectivity index (χ3v) is 10.1. The fraction of sp³-hybridized carbons (Fsp3) is 0.273. The number of halogens is 2. The predicted octanol–water partition coefficient (Wildman–Crippen LogP) is 6.98. The molecule has 0 bridgehead atoms. The van der Waals surface area contributed by atoms with E-state index in [1.165, 1.54) is 12.1 Å². The molecule has 0 saturated heterocycles. The Hall–Kier alpha value is -2.57. The molecule has 4 aromatic rings. The summed E-state index contributed by atoms with van der Waals surface area (Å²) in [5, 5.41) is 0. The largest absolute Gasteiger partial charge is 0.330 e. The van der Waals surface area contributed by atoms with Crippen molar-refractivity contribution in [2.45, 2.75) is 41.9 Å². The van der Waals surface area contributed by atoms with Gasteiger partial charge in [0.25, 0.3) is 9.05 Å². The van der Waals surface area contributed by atoms with Crippen molar-refractivity contribution >= 4 is 45.5 Å². The standard InChI is InChI=1S/C17H20BrNO2S.C12H9ClO2S.C4H12N2/c18-16-8-4-14(5-9-16)15-6-10-17(11-7-15)22(20,21)13-3-1-2-12-19;13-16(14,15)12-8-6-11(7-9-12)10-4-2-1-3-5-10;5-3-1-2-4-6/h4-11H,1-3,12-13,19H2;1-9H;1-6H2. The molecule has 0 radical (unpaired) electrons.